The van der Waals surface area contributed by atoms with Crippen LogP contribution in [0.15, 0.2) is 24.3 Å². The number of nitrogens with zero attached hydrogens (tertiary/aromatic N) is 1. The van der Waals surface area contributed by atoms with Gasteiger partial charge in [-0.1, -0.05) is 12.1 Å². The summed E-state index contributed by atoms with van der Waals surface area (Å²) in [5.41, 5.74) is 1.16. The Morgan fingerprint density at radius 2 is 2.11 bits per heavy atom. The molecule has 1 saturated heterocycles. The molecule has 2 fully saturated rings. The summed E-state index contributed by atoms with van der Waals surface area (Å²) in [6.07, 6.45) is 2.59. The van der Waals surface area contributed by atoms with E-state index in [1.165, 1.54) is 12.1 Å². The molecule has 1 aromatic carbocycles. The highest BCUT2D eigenvalue weighted by Gasteiger charge is 2.42. The van der Waals surface area contributed by atoms with Crippen molar-refractivity contribution in [3.8, 4) is 0 Å². The largest absolute Gasteiger partial charge is 0.379 e. The maximum absolute atomic E-state index is 12.9. The molecule has 0 bridgehead atoms. The Morgan fingerprint density at radius 3 is 2.84 bits per heavy atom. The molecule has 3 atom stereocenters. The van der Waals surface area contributed by atoms with E-state index in [4.69, 9.17) is 9.47 Å². The lowest BCUT2D eigenvalue weighted by Crippen LogP contribution is -2.51. The van der Waals surface area contributed by atoms with Crippen LogP contribution in [-0.4, -0.2) is 43.4 Å². The zero-order valence-electron chi connectivity index (χ0n) is 11.2. The van der Waals surface area contributed by atoms with Crippen LogP contribution in [-0.2, 0) is 16.0 Å². The number of hydrogen-bond donors (Lipinski definition) is 0. The summed E-state index contributed by atoms with van der Waals surface area (Å²) in [7, 11) is 1.76. The molecule has 2 aliphatic rings. The van der Waals surface area contributed by atoms with Gasteiger partial charge >= 0.3 is 0 Å². The van der Waals surface area contributed by atoms with E-state index in [0.717, 1.165) is 38.1 Å². The van der Waals surface area contributed by atoms with E-state index < -0.39 is 0 Å². The third-order valence-corrected chi connectivity index (χ3v) is 4.25. The third kappa shape index (κ3) is 2.66. The van der Waals surface area contributed by atoms with E-state index in [9.17, 15) is 4.39 Å². The van der Waals surface area contributed by atoms with Gasteiger partial charge in [0, 0.05) is 26.2 Å². The molecule has 3 rings (SSSR count). The summed E-state index contributed by atoms with van der Waals surface area (Å²) in [5, 5.41) is 0. The Balaban J connectivity index is 1.69. The number of halogens is 1. The van der Waals surface area contributed by atoms with Crippen molar-refractivity contribution in [1.29, 1.82) is 0 Å². The molecule has 3 nitrogen and oxygen atoms in total. The molecule has 1 aliphatic heterocycles. The van der Waals surface area contributed by atoms with Crippen LogP contribution in [0.4, 0.5) is 4.39 Å². The molecule has 0 unspecified atom stereocenters. The molecule has 0 N–H and O–H groups in total. The minimum absolute atomic E-state index is 0.177. The predicted molar refractivity (Wildman–Crippen MR) is 70.4 cm³/mol. The highest BCUT2D eigenvalue weighted by molar-refractivity contribution is 5.16. The first kappa shape index (κ1) is 13.0. The van der Waals surface area contributed by atoms with Crippen LogP contribution in [0, 0.1) is 5.82 Å². The van der Waals surface area contributed by atoms with E-state index >= 15 is 0 Å². The van der Waals surface area contributed by atoms with E-state index in [2.05, 4.69) is 4.90 Å². The lowest BCUT2D eigenvalue weighted by atomic mass is 10.1. The number of benzene rings is 1. The highest BCUT2D eigenvalue weighted by Crippen LogP contribution is 2.32. The first-order chi connectivity index (χ1) is 9.28. The molecule has 1 aromatic rings. The molecule has 1 aliphatic carbocycles. The molecule has 1 saturated carbocycles. The van der Waals surface area contributed by atoms with Gasteiger partial charge in [-0.3, -0.25) is 4.90 Å². The predicted octanol–water partition coefficient (Wildman–Crippen LogP) is 2.20. The lowest BCUT2D eigenvalue weighted by molar-refractivity contribution is -0.106. The van der Waals surface area contributed by atoms with E-state index in [1.54, 1.807) is 7.11 Å². The summed E-state index contributed by atoms with van der Waals surface area (Å²) in [6, 6.07) is 7.22. The molecule has 0 amide bonds. The third-order valence-electron chi connectivity index (χ3n) is 4.25. The summed E-state index contributed by atoms with van der Waals surface area (Å²) in [4.78, 5) is 2.44. The first-order valence-corrected chi connectivity index (χ1v) is 6.91. The standard InChI is InChI=1S/C15H20FNO2/c1-18-14-7-6-13-15(14)19-9-8-17(13)10-11-2-4-12(16)5-3-11/h2-5,13-15H,6-10H2,1H3/t13-,14-,15+/m1/s1. The van der Waals surface area contributed by atoms with Crippen LogP contribution in [0.2, 0.25) is 0 Å². The quantitative estimate of drug-likeness (QED) is 0.836. The van der Waals surface area contributed by atoms with Crippen molar-refractivity contribution >= 4 is 0 Å². The number of fused-ring (bicyclic) bond motifs is 1. The zero-order chi connectivity index (χ0) is 13.2. The maximum Gasteiger partial charge on any atom is 0.123 e. The first-order valence-electron chi connectivity index (χ1n) is 6.91. The number of rotatable bonds is 3. The molecule has 0 spiro atoms. The smallest absolute Gasteiger partial charge is 0.123 e. The SMILES string of the molecule is CO[C@@H]1CC[C@@H]2[C@@H]1OCCN2Cc1ccc(F)cc1. The van der Waals surface area contributed by atoms with Gasteiger partial charge in [0.05, 0.1) is 18.8 Å². The van der Waals surface area contributed by atoms with Crippen LogP contribution in [0.5, 0.6) is 0 Å². The van der Waals surface area contributed by atoms with Crippen molar-refractivity contribution in [3.63, 3.8) is 0 Å². The van der Waals surface area contributed by atoms with Gasteiger partial charge in [0.25, 0.3) is 0 Å². The van der Waals surface area contributed by atoms with Crippen molar-refractivity contribution in [2.75, 3.05) is 20.3 Å². The molecule has 4 heteroatoms. The normalized spacial score (nSPS) is 31.4. The van der Waals surface area contributed by atoms with Crippen LogP contribution < -0.4 is 0 Å². The fourth-order valence-corrected chi connectivity index (χ4v) is 3.26. The van der Waals surface area contributed by atoms with Gasteiger partial charge in [0.15, 0.2) is 0 Å². The number of morpholine rings is 1. The summed E-state index contributed by atoms with van der Waals surface area (Å²) in [6.45, 7) is 2.55. The molecule has 0 aromatic heterocycles. The van der Waals surface area contributed by atoms with Crippen molar-refractivity contribution < 1.29 is 13.9 Å². The Hall–Kier alpha value is -0.970. The van der Waals surface area contributed by atoms with Gasteiger partial charge in [-0.05, 0) is 30.5 Å². The molecule has 1 heterocycles. The van der Waals surface area contributed by atoms with Gasteiger partial charge in [-0.25, -0.2) is 4.39 Å². The molecule has 104 valence electrons. The van der Waals surface area contributed by atoms with Gasteiger partial charge in [0.1, 0.15) is 5.82 Å². The maximum atomic E-state index is 12.9. The molecule has 19 heavy (non-hydrogen) atoms. The topological polar surface area (TPSA) is 21.7 Å². The van der Waals surface area contributed by atoms with E-state index in [-0.39, 0.29) is 18.0 Å². The average molecular weight is 265 g/mol. The van der Waals surface area contributed by atoms with Crippen molar-refractivity contribution in [2.24, 2.45) is 0 Å². The van der Waals surface area contributed by atoms with Crippen LogP contribution in [0.1, 0.15) is 18.4 Å². The summed E-state index contributed by atoms with van der Waals surface area (Å²) >= 11 is 0. The Labute approximate surface area is 113 Å². The fraction of sp³-hybridized carbons (Fsp3) is 0.600. The molecular formula is C15H20FNO2. The highest BCUT2D eigenvalue weighted by atomic mass is 19.1. The minimum atomic E-state index is -0.177. The molecule has 0 radical (unpaired) electrons. The van der Waals surface area contributed by atoms with Crippen LogP contribution in [0.3, 0.4) is 0 Å². The average Bonchev–Trinajstić information content (AvgIpc) is 2.85. The van der Waals surface area contributed by atoms with Gasteiger partial charge in [-0.2, -0.15) is 0 Å². The van der Waals surface area contributed by atoms with Crippen molar-refractivity contribution in [3.05, 3.63) is 35.6 Å². The number of ether oxygens (including phenoxy) is 2. The second-order valence-corrected chi connectivity index (χ2v) is 5.35. The van der Waals surface area contributed by atoms with E-state index in [0.29, 0.717) is 6.04 Å². The van der Waals surface area contributed by atoms with Crippen molar-refractivity contribution in [2.45, 2.75) is 37.6 Å². The van der Waals surface area contributed by atoms with Gasteiger partial charge in [0.2, 0.25) is 0 Å². The van der Waals surface area contributed by atoms with Gasteiger partial charge in [-0.15, -0.1) is 0 Å². The van der Waals surface area contributed by atoms with Crippen LogP contribution >= 0.6 is 0 Å². The minimum Gasteiger partial charge on any atom is -0.379 e. The van der Waals surface area contributed by atoms with Gasteiger partial charge < -0.3 is 9.47 Å². The van der Waals surface area contributed by atoms with Crippen molar-refractivity contribution in [1.82, 2.24) is 4.90 Å². The number of hydrogen-bond acceptors (Lipinski definition) is 3. The Bertz CT molecular complexity index is 423. The molecular weight excluding hydrogens is 245 g/mol. The Morgan fingerprint density at radius 1 is 1.32 bits per heavy atom. The zero-order valence-corrected chi connectivity index (χ0v) is 11.2. The fourth-order valence-electron chi connectivity index (χ4n) is 3.26. The Kier molecular flexibility index (Phi) is 3.82. The second kappa shape index (κ2) is 5.57. The summed E-state index contributed by atoms with van der Waals surface area (Å²) < 4.78 is 24.3. The monoisotopic (exact) mass is 265 g/mol. The lowest BCUT2D eigenvalue weighted by Gasteiger charge is -2.38. The summed E-state index contributed by atoms with van der Waals surface area (Å²) in [5.74, 6) is -0.177. The van der Waals surface area contributed by atoms with Crippen LogP contribution in [0.25, 0.3) is 0 Å². The second-order valence-electron chi connectivity index (χ2n) is 5.35. The number of methoxy groups -OCH3 is 1. The van der Waals surface area contributed by atoms with E-state index in [1.807, 2.05) is 12.1 Å².